The Morgan fingerprint density at radius 3 is 2.46 bits per heavy atom. The summed E-state index contributed by atoms with van der Waals surface area (Å²) in [7, 11) is 0. The lowest BCUT2D eigenvalue weighted by Crippen LogP contribution is -2.25. The Hall–Kier alpha value is -2.30. The summed E-state index contributed by atoms with van der Waals surface area (Å²) in [5, 5.41) is 0. The summed E-state index contributed by atoms with van der Waals surface area (Å²) in [6.07, 6.45) is 1.74. The molecule has 2 heterocycles. The van der Waals surface area contributed by atoms with Gasteiger partial charge in [-0.1, -0.05) is 53.7 Å². The number of fused-ring (bicyclic) bond motifs is 1. The summed E-state index contributed by atoms with van der Waals surface area (Å²) in [5.41, 5.74) is 2.40. The number of aromatic nitrogens is 2. The largest absolute Gasteiger partial charge is 0.490 e. The van der Waals surface area contributed by atoms with E-state index in [-0.39, 0.29) is 22.5 Å². The van der Waals surface area contributed by atoms with Gasteiger partial charge < -0.3 is 9.47 Å². The lowest BCUT2D eigenvalue weighted by atomic mass is 9.72. The second-order valence-electron chi connectivity index (χ2n) is 9.53. The molecule has 0 spiro atoms. The molecule has 0 fully saturated rings. The molecule has 0 aliphatic carbocycles. The maximum Gasteiger partial charge on any atom is 0.300 e. The van der Waals surface area contributed by atoms with Gasteiger partial charge in [0.1, 0.15) is 12.4 Å². The zero-order valence-corrected chi connectivity index (χ0v) is 17.9. The van der Waals surface area contributed by atoms with Gasteiger partial charge in [-0.05, 0) is 41.4 Å². The minimum Gasteiger partial charge on any atom is -0.490 e. The minimum atomic E-state index is -0.252. The van der Waals surface area contributed by atoms with Crippen LogP contribution in [0.4, 0.5) is 0 Å². The number of aryl methyl sites for hydroxylation is 1. The molecule has 0 amide bonds. The third-order valence-electron chi connectivity index (χ3n) is 5.14. The molecule has 1 aromatic carbocycles. The molecule has 1 aromatic heterocycles. The van der Waals surface area contributed by atoms with Crippen molar-refractivity contribution in [1.29, 1.82) is 0 Å². The second kappa shape index (κ2) is 7.61. The summed E-state index contributed by atoms with van der Waals surface area (Å²) in [5.74, 6) is 0.827. The van der Waals surface area contributed by atoms with E-state index in [2.05, 4.69) is 51.7 Å². The maximum atomic E-state index is 11.7. The van der Waals surface area contributed by atoms with Crippen molar-refractivity contribution in [3.05, 3.63) is 51.9 Å². The van der Waals surface area contributed by atoms with Crippen LogP contribution in [0.2, 0.25) is 0 Å². The lowest BCUT2D eigenvalue weighted by Gasteiger charge is -2.33. The van der Waals surface area contributed by atoms with Crippen LogP contribution in [0.3, 0.4) is 0 Å². The third kappa shape index (κ3) is 4.75. The molecule has 0 saturated carbocycles. The van der Waals surface area contributed by atoms with Gasteiger partial charge in [-0.2, -0.15) is 4.98 Å². The standard InChI is InChI=1S/C23H32N2O3/c1-7-17-12-20(26)24-21-25(17)13-19(28-21)14-27-18-10-8-16(9-11-18)23(5,6)15-22(2,3)4/h8-12,19H,7,13-15H2,1-6H3. The van der Waals surface area contributed by atoms with E-state index in [0.29, 0.717) is 19.2 Å². The van der Waals surface area contributed by atoms with Crippen molar-refractivity contribution in [3.63, 3.8) is 0 Å². The number of rotatable bonds is 6. The number of ether oxygens (including phenoxy) is 2. The van der Waals surface area contributed by atoms with Crippen LogP contribution in [-0.2, 0) is 18.4 Å². The van der Waals surface area contributed by atoms with Gasteiger partial charge in [0.25, 0.3) is 11.6 Å². The molecule has 28 heavy (non-hydrogen) atoms. The quantitative estimate of drug-likeness (QED) is 0.743. The average molecular weight is 385 g/mol. The van der Waals surface area contributed by atoms with E-state index in [1.165, 1.54) is 5.56 Å². The lowest BCUT2D eigenvalue weighted by molar-refractivity contribution is 0.143. The average Bonchev–Trinajstić information content (AvgIpc) is 3.00. The normalized spacial score (nSPS) is 16.6. The van der Waals surface area contributed by atoms with E-state index in [1.807, 2.05) is 23.6 Å². The number of hydrogen-bond donors (Lipinski definition) is 0. The zero-order valence-electron chi connectivity index (χ0n) is 17.9. The molecule has 152 valence electrons. The molecular formula is C23H32N2O3. The van der Waals surface area contributed by atoms with Crippen LogP contribution in [0.1, 0.15) is 59.2 Å². The van der Waals surface area contributed by atoms with Gasteiger partial charge in [-0.15, -0.1) is 0 Å². The van der Waals surface area contributed by atoms with Gasteiger partial charge in [-0.25, -0.2) is 0 Å². The van der Waals surface area contributed by atoms with Gasteiger partial charge >= 0.3 is 0 Å². The summed E-state index contributed by atoms with van der Waals surface area (Å²) in [6, 6.07) is 10.3. The molecule has 1 unspecified atom stereocenters. The van der Waals surface area contributed by atoms with Crippen LogP contribution < -0.4 is 15.0 Å². The fourth-order valence-electron chi connectivity index (χ4n) is 4.20. The SMILES string of the molecule is CCc1cc(=O)nc2n1CC(COc1ccc(C(C)(C)CC(C)(C)C)cc1)O2. The van der Waals surface area contributed by atoms with Crippen LogP contribution >= 0.6 is 0 Å². The van der Waals surface area contributed by atoms with Crippen LogP contribution in [0.15, 0.2) is 35.1 Å². The molecule has 5 heteroatoms. The van der Waals surface area contributed by atoms with Gasteiger partial charge in [0.2, 0.25) is 0 Å². The Morgan fingerprint density at radius 2 is 1.86 bits per heavy atom. The Balaban J connectivity index is 1.61. The molecule has 2 aromatic rings. The first-order valence-corrected chi connectivity index (χ1v) is 10.1. The molecule has 5 nitrogen and oxygen atoms in total. The summed E-state index contributed by atoms with van der Waals surface area (Å²) < 4.78 is 13.7. The predicted octanol–water partition coefficient (Wildman–Crippen LogP) is 4.36. The molecule has 0 N–H and O–H groups in total. The van der Waals surface area contributed by atoms with Gasteiger partial charge in [-0.3, -0.25) is 9.36 Å². The number of hydrogen-bond acceptors (Lipinski definition) is 4. The van der Waals surface area contributed by atoms with Crippen molar-refractivity contribution < 1.29 is 9.47 Å². The molecule has 1 atom stereocenters. The van der Waals surface area contributed by atoms with E-state index in [1.54, 1.807) is 6.07 Å². The molecule has 0 bridgehead atoms. The summed E-state index contributed by atoms with van der Waals surface area (Å²) in [4.78, 5) is 15.6. The number of benzene rings is 1. The van der Waals surface area contributed by atoms with Crippen LogP contribution in [0.25, 0.3) is 0 Å². The Bertz CT molecular complexity index is 876. The van der Waals surface area contributed by atoms with E-state index in [4.69, 9.17) is 9.47 Å². The van der Waals surface area contributed by atoms with E-state index >= 15 is 0 Å². The van der Waals surface area contributed by atoms with E-state index in [0.717, 1.165) is 24.3 Å². The second-order valence-corrected chi connectivity index (χ2v) is 9.53. The monoisotopic (exact) mass is 384 g/mol. The third-order valence-corrected chi connectivity index (χ3v) is 5.14. The highest BCUT2D eigenvalue weighted by molar-refractivity contribution is 5.32. The Morgan fingerprint density at radius 1 is 1.18 bits per heavy atom. The van der Waals surface area contributed by atoms with Crippen LogP contribution in [0, 0.1) is 5.41 Å². The molecule has 3 rings (SSSR count). The van der Waals surface area contributed by atoms with Crippen molar-refractivity contribution in [2.45, 2.75) is 72.4 Å². The van der Waals surface area contributed by atoms with Gasteiger partial charge in [0, 0.05) is 11.8 Å². The predicted molar refractivity (Wildman–Crippen MR) is 111 cm³/mol. The smallest absolute Gasteiger partial charge is 0.300 e. The van der Waals surface area contributed by atoms with Gasteiger partial charge in [0.15, 0.2) is 6.10 Å². The Labute approximate surface area is 167 Å². The Kier molecular flexibility index (Phi) is 5.55. The maximum absolute atomic E-state index is 11.7. The van der Waals surface area contributed by atoms with Crippen molar-refractivity contribution in [3.8, 4) is 11.8 Å². The fraction of sp³-hybridized carbons (Fsp3) is 0.565. The molecule has 0 radical (unpaired) electrons. The summed E-state index contributed by atoms with van der Waals surface area (Å²) >= 11 is 0. The van der Waals surface area contributed by atoms with Crippen molar-refractivity contribution in [2.24, 2.45) is 5.41 Å². The first kappa shape index (κ1) is 20.4. The molecule has 1 aliphatic rings. The molecule has 1 aliphatic heterocycles. The van der Waals surface area contributed by atoms with E-state index in [9.17, 15) is 4.79 Å². The van der Waals surface area contributed by atoms with Crippen LogP contribution in [0.5, 0.6) is 11.8 Å². The topological polar surface area (TPSA) is 53.4 Å². The zero-order chi connectivity index (χ0) is 20.5. The first-order valence-electron chi connectivity index (χ1n) is 10.1. The van der Waals surface area contributed by atoms with E-state index < -0.39 is 0 Å². The fourth-order valence-corrected chi connectivity index (χ4v) is 4.20. The van der Waals surface area contributed by atoms with Gasteiger partial charge in [0.05, 0.1) is 6.54 Å². The highest BCUT2D eigenvalue weighted by Crippen LogP contribution is 2.36. The first-order chi connectivity index (χ1) is 13.1. The molecule has 0 saturated heterocycles. The van der Waals surface area contributed by atoms with Crippen molar-refractivity contribution in [2.75, 3.05) is 6.61 Å². The highest BCUT2D eigenvalue weighted by Gasteiger charge is 2.28. The number of nitrogens with zero attached hydrogens (tertiary/aromatic N) is 2. The molecular weight excluding hydrogens is 352 g/mol. The minimum absolute atomic E-state index is 0.113. The highest BCUT2D eigenvalue weighted by atomic mass is 16.6. The van der Waals surface area contributed by atoms with Crippen molar-refractivity contribution in [1.82, 2.24) is 9.55 Å². The van der Waals surface area contributed by atoms with Crippen molar-refractivity contribution >= 4 is 0 Å². The summed E-state index contributed by atoms with van der Waals surface area (Å²) in [6.45, 7) is 14.5. The van der Waals surface area contributed by atoms with Crippen LogP contribution in [-0.4, -0.2) is 22.3 Å².